The molecule has 0 aliphatic carbocycles. The summed E-state index contributed by atoms with van der Waals surface area (Å²) in [5, 5.41) is 0. The Morgan fingerprint density at radius 1 is 0.306 bits per heavy atom. The number of unbranched alkanes of at least 4 members (excludes halogenated alkanes) is 24. The van der Waals surface area contributed by atoms with Crippen LogP contribution in [0.3, 0.4) is 0 Å². The molecule has 0 bridgehead atoms. The minimum Gasteiger partial charge on any atom is -0.854 e. The van der Waals surface area contributed by atoms with Crippen molar-refractivity contribution in [1.29, 1.82) is 0 Å². The van der Waals surface area contributed by atoms with E-state index >= 15 is 0 Å². The minimum atomic E-state index is -3.55. The zero-order valence-corrected chi connectivity index (χ0v) is 50.1. The molecule has 49 heavy (non-hydrogen) atoms. The summed E-state index contributed by atoms with van der Waals surface area (Å²) in [5.41, 5.74) is -7.09. The first-order valence-electron chi connectivity index (χ1n) is 19.4. The summed E-state index contributed by atoms with van der Waals surface area (Å²) in [5.74, 6) is 3.25. The van der Waals surface area contributed by atoms with Crippen LogP contribution in [0.15, 0.2) is 0 Å². The van der Waals surface area contributed by atoms with Gasteiger partial charge in [0.15, 0.2) is 0 Å². The van der Waals surface area contributed by atoms with E-state index in [1.165, 1.54) is 154 Å². The molecule has 284 valence electrons. The molecule has 0 atom stereocenters. The molecule has 0 N–H and O–H groups in total. The van der Waals surface area contributed by atoms with Gasteiger partial charge in [0, 0.05) is 0 Å². The van der Waals surface area contributed by atoms with Gasteiger partial charge in [-0.15, -0.1) is 0 Å². The maximum Gasteiger partial charge on any atom is 2.00 e. The Morgan fingerprint density at radius 3 is 0.592 bits per heavy atom. The molecule has 0 aromatic heterocycles. The van der Waals surface area contributed by atoms with E-state index in [1.54, 1.807) is 0 Å². The van der Waals surface area contributed by atoms with Crippen LogP contribution in [0.5, 0.6) is 0 Å². The van der Waals surface area contributed by atoms with Crippen LogP contribution in [0.25, 0.3) is 0 Å². The summed E-state index contributed by atoms with van der Waals surface area (Å²) in [4.78, 5) is 47.2. The van der Waals surface area contributed by atoms with Crippen LogP contribution in [0, 0.1) is 0 Å². The molecular formula is C36H76Cd3O4P2S4. The quantitative estimate of drug-likeness (QED) is 0.0289. The molecule has 0 rings (SSSR count). The summed E-state index contributed by atoms with van der Waals surface area (Å²) in [7, 11) is -1.09. The van der Waals surface area contributed by atoms with Crippen LogP contribution in [0.2, 0.25) is 0 Å². The molecule has 0 spiro atoms. The monoisotopic (exact) mass is 1100 g/mol. The summed E-state index contributed by atoms with van der Waals surface area (Å²) in [6, 6.07) is 0. The van der Waals surface area contributed by atoms with E-state index in [-0.39, 0.29) is 81.9 Å². The predicted octanol–water partition coefficient (Wildman–Crippen LogP) is 10.1. The topological polar surface area (TPSA) is 92.2 Å². The van der Waals surface area contributed by atoms with Crippen molar-refractivity contribution in [3.8, 4) is 0 Å². The van der Waals surface area contributed by atoms with E-state index in [2.05, 4.69) is 27.7 Å². The van der Waals surface area contributed by atoms with Crippen molar-refractivity contribution in [2.24, 2.45) is 0 Å². The second kappa shape index (κ2) is 47.2. The fraction of sp³-hybridized carbons (Fsp3) is 1.00. The molecule has 0 amide bonds. The first-order valence-corrected chi connectivity index (χ1v) is 29.1. The van der Waals surface area contributed by atoms with Crippen LogP contribution in [-0.2, 0) is 127 Å². The Bertz CT molecular complexity index is 654. The molecule has 4 nitrogen and oxygen atoms in total. The Labute approximate surface area is 383 Å². The zero-order valence-electron chi connectivity index (χ0n) is 32.9. The predicted molar refractivity (Wildman–Crippen MR) is 215 cm³/mol. The van der Waals surface area contributed by atoms with Gasteiger partial charge in [-0.05, 0) is 48.7 Å². The van der Waals surface area contributed by atoms with Gasteiger partial charge in [0.1, 0.15) is 0 Å². The van der Waals surface area contributed by atoms with E-state index in [0.29, 0.717) is 0 Å². The van der Waals surface area contributed by atoms with Crippen molar-refractivity contribution < 1.29 is 101 Å². The van der Waals surface area contributed by atoms with Gasteiger partial charge in [-0.2, -0.15) is 0 Å². The molecule has 0 aromatic carbocycles. The van der Waals surface area contributed by atoms with Gasteiger partial charge in [-0.1, -0.05) is 182 Å². The fourth-order valence-electron chi connectivity index (χ4n) is 5.55. The summed E-state index contributed by atoms with van der Waals surface area (Å²) < 4.78 is 0. The Morgan fingerprint density at radius 2 is 0.449 bits per heavy atom. The SMILES string of the molecule is CCCCCCCCCS(CCCCCCCCC)=P([O-])([O-])[S-].CCCCCCCCCS(CCCCCCCCC)=P([O-])([O-])[S-].[Cd+2].[Cd+2].[Cd+2]. The molecule has 0 unspecified atom stereocenters. The summed E-state index contributed by atoms with van der Waals surface area (Å²) in [6.07, 6.45) is 34.6. The molecule has 0 radical (unpaired) electrons. The molecule has 0 fully saturated rings. The third-order valence-electron chi connectivity index (χ3n) is 8.57. The van der Waals surface area contributed by atoms with Crippen molar-refractivity contribution in [1.82, 2.24) is 0 Å². The molecule has 0 aromatic rings. The second-order valence-electron chi connectivity index (χ2n) is 13.1. The molecule has 13 heteroatoms. The van der Waals surface area contributed by atoms with E-state index in [1.807, 2.05) is 0 Å². The van der Waals surface area contributed by atoms with Gasteiger partial charge >= 0.3 is 81.9 Å². The normalized spacial score (nSPS) is 11.5. The molecule has 0 aliphatic heterocycles. The summed E-state index contributed by atoms with van der Waals surface area (Å²) >= 11 is 9.58. The van der Waals surface area contributed by atoms with Crippen molar-refractivity contribution in [2.45, 2.75) is 207 Å². The van der Waals surface area contributed by atoms with Gasteiger partial charge in [-0.3, -0.25) is 0 Å². The van der Waals surface area contributed by atoms with Crippen molar-refractivity contribution >= 4 is 56.0 Å². The zero-order chi connectivity index (χ0) is 34.8. The molecule has 0 saturated carbocycles. The molecular weight excluding hydrogens is 1020 g/mol. The third-order valence-corrected chi connectivity index (χ3v) is 22.7. The van der Waals surface area contributed by atoms with Gasteiger partial charge in [-0.25, -0.2) is 20.1 Å². The number of rotatable bonds is 32. The maximum atomic E-state index is 11.8. The average molecular weight is 1100 g/mol. The van der Waals surface area contributed by atoms with Crippen LogP contribution >= 0.6 is 11.4 Å². The second-order valence-corrected chi connectivity index (χ2v) is 28.6. The Kier molecular flexibility index (Phi) is 60.8. The average Bonchev–Trinajstić information content (AvgIpc) is 3.00. The van der Waals surface area contributed by atoms with Gasteiger partial charge in [0.05, 0.1) is 0 Å². The third kappa shape index (κ3) is 48.9. The molecule has 0 saturated heterocycles. The number of hydrogen-bond acceptors (Lipinski definition) is 6. The standard InChI is InChI=1S/2C18H38O2PS2.3Cd/c2*1-3-5-7-9-11-13-15-17-23(21(19,20)22)18-16-14-12-10-8-6-4-2;;;/h2*3-18H2,1-2H3;;;/q2*-3;3*+2. The fourth-order valence-corrected chi connectivity index (χ4v) is 15.9. The maximum absolute atomic E-state index is 11.8. The van der Waals surface area contributed by atoms with E-state index in [4.69, 9.17) is 24.5 Å². The van der Waals surface area contributed by atoms with Crippen LogP contribution in [-0.4, -0.2) is 23.0 Å². The Hall–Kier alpha value is 4.87. The van der Waals surface area contributed by atoms with Gasteiger partial charge < -0.3 is 55.5 Å². The van der Waals surface area contributed by atoms with Crippen LogP contribution < -0.4 is 19.6 Å². The minimum absolute atomic E-state index is 0. The Balaban J connectivity index is -0.000000248. The van der Waals surface area contributed by atoms with Crippen molar-refractivity contribution in [3.63, 3.8) is 0 Å². The van der Waals surface area contributed by atoms with Gasteiger partial charge in [0.25, 0.3) is 0 Å². The van der Waals surface area contributed by atoms with Crippen LogP contribution in [0.1, 0.15) is 207 Å². The first kappa shape index (κ1) is 63.0. The van der Waals surface area contributed by atoms with E-state index in [0.717, 1.165) is 48.7 Å². The molecule has 0 heterocycles. The van der Waals surface area contributed by atoms with Crippen molar-refractivity contribution in [3.05, 3.63) is 0 Å². The van der Waals surface area contributed by atoms with Crippen molar-refractivity contribution in [2.75, 3.05) is 23.0 Å². The van der Waals surface area contributed by atoms with E-state index < -0.39 is 31.5 Å². The van der Waals surface area contributed by atoms with E-state index in [9.17, 15) is 19.6 Å². The molecule has 0 aliphatic rings. The van der Waals surface area contributed by atoms with Crippen LogP contribution in [0.4, 0.5) is 0 Å². The first-order chi connectivity index (χ1) is 22.0. The number of hydrogen-bond donors (Lipinski definition) is 0. The summed E-state index contributed by atoms with van der Waals surface area (Å²) in [6.45, 7) is 8.91. The smallest absolute Gasteiger partial charge is 0.854 e. The van der Waals surface area contributed by atoms with Gasteiger partial charge in [0.2, 0.25) is 0 Å². The largest absolute Gasteiger partial charge is 2.00 e.